The molecule has 0 radical (unpaired) electrons. The fraction of sp³-hybridized carbons (Fsp3) is 0.385. The summed E-state index contributed by atoms with van der Waals surface area (Å²) in [7, 11) is 0. The van der Waals surface area contributed by atoms with Crippen LogP contribution >= 0.6 is 0 Å². The Balaban J connectivity index is 1.92. The molecule has 0 aliphatic heterocycles. The predicted octanol–water partition coefficient (Wildman–Crippen LogP) is 2.71. The Hall–Kier alpha value is -3.75. The van der Waals surface area contributed by atoms with Crippen LogP contribution in [0.5, 0.6) is 0 Å². The van der Waals surface area contributed by atoms with Gasteiger partial charge in [-0.1, -0.05) is 74.5 Å². The van der Waals surface area contributed by atoms with E-state index in [4.69, 9.17) is 4.74 Å². The molecule has 2 rings (SSSR count). The summed E-state index contributed by atoms with van der Waals surface area (Å²) in [4.78, 5) is 49.3. The normalized spacial score (nSPS) is 12.3. The highest BCUT2D eigenvalue weighted by atomic mass is 19.1. The molecular weight excluding hydrogens is 453 g/mol. The lowest BCUT2D eigenvalue weighted by Crippen LogP contribution is -2.54. The molecular formula is C26H32FN3O5. The zero-order valence-corrected chi connectivity index (χ0v) is 20.0. The molecule has 0 spiro atoms. The summed E-state index contributed by atoms with van der Waals surface area (Å²) >= 11 is 0. The molecule has 0 aliphatic carbocycles. The van der Waals surface area contributed by atoms with E-state index in [0.717, 1.165) is 11.1 Å². The second-order valence-electron chi connectivity index (χ2n) is 8.52. The molecule has 0 aliphatic rings. The average Bonchev–Trinajstić information content (AvgIpc) is 2.85. The van der Waals surface area contributed by atoms with Gasteiger partial charge in [0.1, 0.15) is 25.9 Å². The number of alkyl carbamates (subject to hydrolysis) is 1. The number of ether oxygens (including phenoxy) is 1. The number of halogens is 1. The number of carbonyl (C=O) groups is 4. The van der Waals surface area contributed by atoms with Crippen molar-refractivity contribution in [3.63, 3.8) is 0 Å². The largest absolute Gasteiger partial charge is 0.445 e. The van der Waals surface area contributed by atoms with Crippen molar-refractivity contribution >= 4 is 23.7 Å². The molecule has 35 heavy (non-hydrogen) atoms. The lowest BCUT2D eigenvalue weighted by molar-refractivity contribution is -0.131. The highest BCUT2D eigenvalue weighted by Crippen LogP contribution is 2.09. The van der Waals surface area contributed by atoms with Gasteiger partial charge in [0.05, 0.1) is 6.04 Å². The fourth-order valence-corrected chi connectivity index (χ4v) is 3.34. The molecule has 0 saturated heterocycles. The number of amides is 3. The molecule has 3 amide bonds. The first-order valence-electron chi connectivity index (χ1n) is 11.4. The number of alkyl halides is 1. The summed E-state index contributed by atoms with van der Waals surface area (Å²) in [5.74, 6) is -1.90. The topological polar surface area (TPSA) is 114 Å². The van der Waals surface area contributed by atoms with Crippen LogP contribution in [0, 0.1) is 5.92 Å². The molecule has 0 heterocycles. The Morgan fingerprint density at radius 2 is 1.46 bits per heavy atom. The SMILES string of the molecule is CC(C)C[C@H](NC(=O)CNC(=O)OCc1ccccc1)C(=O)N[C@@H](Cc1ccccc1)C(=O)CF. The molecule has 9 heteroatoms. The van der Waals surface area contributed by atoms with Gasteiger partial charge in [0, 0.05) is 0 Å². The van der Waals surface area contributed by atoms with E-state index in [1.165, 1.54) is 0 Å². The zero-order chi connectivity index (χ0) is 25.6. The van der Waals surface area contributed by atoms with Gasteiger partial charge in [-0.05, 0) is 29.9 Å². The number of Topliss-reactive ketones (excluding diaryl/α,β-unsaturated/α-hetero) is 1. The van der Waals surface area contributed by atoms with Crippen LogP contribution in [-0.2, 0) is 32.1 Å². The van der Waals surface area contributed by atoms with Gasteiger partial charge in [-0.3, -0.25) is 14.4 Å². The van der Waals surface area contributed by atoms with E-state index >= 15 is 0 Å². The van der Waals surface area contributed by atoms with Crippen LogP contribution in [0.3, 0.4) is 0 Å². The van der Waals surface area contributed by atoms with Gasteiger partial charge in [0.2, 0.25) is 11.8 Å². The van der Waals surface area contributed by atoms with E-state index in [1.54, 1.807) is 36.4 Å². The minimum absolute atomic E-state index is 0.0410. The summed E-state index contributed by atoms with van der Waals surface area (Å²) in [5.41, 5.74) is 1.57. The van der Waals surface area contributed by atoms with Gasteiger partial charge in [0.25, 0.3) is 0 Å². The van der Waals surface area contributed by atoms with Crippen LogP contribution in [0.2, 0.25) is 0 Å². The molecule has 2 aromatic carbocycles. The quantitative estimate of drug-likeness (QED) is 0.404. The van der Waals surface area contributed by atoms with Crippen molar-refractivity contribution < 1.29 is 28.3 Å². The third-order valence-electron chi connectivity index (χ3n) is 5.08. The van der Waals surface area contributed by atoms with Crippen molar-refractivity contribution in [2.75, 3.05) is 13.2 Å². The van der Waals surface area contributed by atoms with E-state index in [1.807, 2.05) is 38.1 Å². The van der Waals surface area contributed by atoms with Gasteiger partial charge < -0.3 is 20.7 Å². The van der Waals surface area contributed by atoms with Crippen molar-refractivity contribution in [2.24, 2.45) is 5.92 Å². The molecule has 2 atom stereocenters. The van der Waals surface area contributed by atoms with Gasteiger partial charge in [0.15, 0.2) is 5.78 Å². The van der Waals surface area contributed by atoms with Crippen molar-refractivity contribution in [3.05, 3.63) is 71.8 Å². The summed E-state index contributed by atoms with van der Waals surface area (Å²) in [6, 6.07) is 16.0. The molecule has 2 aromatic rings. The number of benzene rings is 2. The van der Waals surface area contributed by atoms with Crippen LogP contribution in [0.4, 0.5) is 9.18 Å². The van der Waals surface area contributed by atoms with Gasteiger partial charge in [-0.25, -0.2) is 9.18 Å². The predicted molar refractivity (Wildman–Crippen MR) is 129 cm³/mol. The monoisotopic (exact) mass is 485 g/mol. The Bertz CT molecular complexity index is 969. The first-order valence-corrected chi connectivity index (χ1v) is 11.4. The molecule has 3 N–H and O–H groups in total. The van der Waals surface area contributed by atoms with Crippen molar-refractivity contribution in [1.29, 1.82) is 0 Å². The number of nitrogens with one attached hydrogen (secondary N) is 3. The Labute approximate surface area is 204 Å². The minimum atomic E-state index is -1.21. The Morgan fingerprint density at radius 3 is 2.03 bits per heavy atom. The fourth-order valence-electron chi connectivity index (χ4n) is 3.34. The van der Waals surface area contributed by atoms with E-state index in [-0.39, 0.29) is 25.4 Å². The smallest absolute Gasteiger partial charge is 0.407 e. The number of hydrogen-bond donors (Lipinski definition) is 3. The summed E-state index contributed by atoms with van der Waals surface area (Å²) in [6.07, 6.45) is -0.352. The first kappa shape index (κ1) is 27.5. The van der Waals surface area contributed by atoms with Crippen molar-refractivity contribution in [3.8, 4) is 0 Å². The van der Waals surface area contributed by atoms with Gasteiger partial charge in [-0.15, -0.1) is 0 Å². The minimum Gasteiger partial charge on any atom is -0.445 e. The maximum absolute atomic E-state index is 13.1. The standard InChI is InChI=1S/C26H32FN3O5/c1-18(2)13-22(25(33)30-21(23(31)15-27)14-19-9-5-3-6-10-19)29-24(32)16-28-26(34)35-17-20-11-7-4-8-12-20/h3-12,18,21-22H,13-17H2,1-2H3,(H,28,34)(H,29,32)(H,30,33)/t21-,22-/m0/s1. The van der Waals surface area contributed by atoms with Gasteiger partial charge in [-0.2, -0.15) is 0 Å². The van der Waals surface area contributed by atoms with E-state index < -0.39 is 49.0 Å². The lowest BCUT2D eigenvalue weighted by atomic mass is 10.00. The van der Waals surface area contributed by atoms with Crippen molar-refractivity contribution in [2.45, 2.75) is 45.4 Å². The average molecular weight is 486 g/mol. The zero-order valence-electron chi connectivity index (χ0n) is 20.0. The molecule has 0 fully saturated rings. The summed E-state index contributed by atoms with van der Waals surface area (Å²) in [5, 5.41) is 7.49. The second-order valence-corrected chi connectivity index (χ2v) is 8.52. The highest BCUT2D eigenvalue weighted by Gasteiger charge is 2.27. The van der Waals surface area contributed by atoms with E-state index in [2.05, 4.69) is 16.0 Å². The third-order valence-corrected chi connectivity index (χ3v) is 5.08. The first-order chi connectivity index (χ1) is 16.8. The number of hydrogen-bond acceptors (Lipinski definition) is 5. The van der Waals surface area contributed by atoms with Crippen LogP contribution < -0.4 is 16.0 Å². The number of ketones is 1. The van der Waals surface area contributed by atoms with E-state index in [9.17, 15) is 23.6 Å². The van der Waals surface area contributed by atoms with Crippen LogP contribution in [0.25, 0.3) is 0 Å². The van der Waals surface area contributed by atoms with Crippen molar-refractivity contribution in [1.82, 2.24) is 16.0 Å². The van der Waals surface area contributed by atoms with Gasteiger partial charge >= 0.3 is 6.09 Å². The molecule has 0 unspecified atom stereocenters. The number of carbonyl (C=O) groups excluding carboxylic acids is 4. The summed E-state index contributed by atoms with van der Waals surface area (Å²) < 4.78 is 18.2. The molecule has 188 valence electrons. The third kappa shape index (κ3) is 10.4. The maximum Gasteiger partial charge on any atom is 0.407 e. The van der Waals surface area contributed by atoms with E-state index in [0.29, 0.717) is 0 Å². The maximum atomic E-state index is 13.1. The second kappa shape index (κ2) is 14.5. The number of rotatable bonds is 13. The molecule has 0 aromatic heterocycles. The molecule has 8 nitrogen and oxygen atoms in total. The molecule has 0 saturated carbocycles. The Kier molecular flexibility index (Phi) is 11.4. The van der Waals surface area contributed by atoms with Crippen LogP contribution in [0.15, 0.2) is 60.7 Å². The summed E-state index contributed by atoms with van der Waals surface area (Å²) in [6.45, 7) is 2.19. The lowest BCUT2D eigenvalue weighted by Gasteiger charge is -2.23. The van der Waals surface area contributed by atoms with Crippen LogP contribution in [-0.4, -0.2) is 49.0 Å². The highest BCUT2D eigenvalue weighted by molar-refractivity contribution is 5.94. The van der Waals surface area contributed by atoms with Crippen LogP contribution in [0.1, 0.15) is 31.4 Å². The Morgan fingerprint density at radius 1 is 0.857 bits per heavy atom. The molecule has 0 bridgehead atoms.